The summed E-state index contributed by atoms with van der Waals surface area (Å²) in [5.74, 6) is -0.220. The van der Waals surface area contributed by atoms with Crippen molar-refractivity contribution in [2.45, 2.75) is 0 Å². The Bertz CT molecular complexity index is 114. The average Bonchev–Trinajstić information content (AvgIpc) is 1.87. The lowest BCUT2D eigenvalue weighted by atomic mass is 10.5. The summed E-state index contributed by atoms with van der Waals surface area (Å²) < 4.78 is 0. The number of nitrogens with zero attached hydrogens (tertiary/aromatic N) is 1. The van der Waals surface area contributed by atoms with E-state index in [1.807, 2.05) is 0 Å². The van der Waals surface area contributed by atoms with Gasteiger partial charge in [0.25, 0.3) is 0 Å². The highest BCUT2D eigenvalue weighted by Crippen LogP contribution is 1.77. The fourth-order valence-electron chi connectivity index (χ4n) is 0.369. The van der Waals surface area contributed by atoms with Gasteiger partial charge >= 0.3 is 0 Å². The van der Waals surface area contributed by atoms with Crippen LogP contribution in [0.25, 0.3) is 0 Å². The molecule has 4 heteroatoms. The molecule has 4 nitrogen and oxygen atoms in total. The highest BCUT2D eigenvalue weighted by atomic mass is 16.2. The van der Waals surface area contributed by atoms with Gasteiger partial charge < -0.3 is 15.4 Å². The van der Waals surface area contributed by atoms with Crippen LogP contribution in [0.5, 0.6) is 0 Å². The predicted octanol–water partition coefficient (Wildman–Crippen LogP) is -1.40. The molecule has 0 heterocycles. The van der Waals surface area contributed by atoms with Gasteiger partial charge in [-0.05, 0) is 0 Å². The lowest BCUT2D eigenvalue weighted by molar-refractivity contribution is -0.130. The van der Waals surface area contributed by atoms with Crippen LogP contribution in [-0.2, 0) is 9.59 Å². The SMILES string of the molecule is CN(CC=O)C(=O)CN. The molecule has 0 saturated carbocycles. The van der Waals surface area contributed by atoms with E-state index >= 15 is 0 Å². The summed E-state index contributed by atoms with van der Waals surface area (Å²) in [6.07, 6.45) is 0.660. The van der Waals surface area contributed by atoms with E-state index < -0.39 is 0 Å². The van der Waals surface area contributed by atoms with Crippen LogP contribution in [0.15, 0.2) is 0 Å². The van der Waals surface area contributed by atoms with Crippen LogP contribution in [0.4, 0.5) is 0 Å². The van der Waals surface area contributed by atoms with E-state index in [9.17, 15) is 9.59 Å². The van der Waals surface area contributed by atoms with E-state index in [1.165, 1.54) is 11.9 Å². The summed E-state index contributed by atoms with van der Waals surface area (Å²) >= 11 is 0. The van der Waals surface area contributed by atoms with Gasteiger partial charge in [-0.1, -0.05) is 0 Å². The molecule has 0 rings (SSSR count). The first-order valence-electron chi connectivity index (χ1n) is 2.60. The molecule has 0 aromatic heterocycles. The number of nitrogens with two attached hydrogens (primary N) is 1. The summed E-state index contributed by atoms with van der Waals surface area (Å²) in [6, 6.07) is 0. The van der Waals surface area contributed by atoms with Gasteiger partial charge in [0.05, 0.1) is 13.1 Å². The van der Waals surface area contributed by atoms with Crippen molar-refractivity contribution in [3.8, 4) is 0 Å². The van der Waals surface area contributed by atoms with Crippen molar-refractivity contribution in [2.75, 3.05) is 20.1 Å². The Morgan fingerprint density at radius 3 is 2.67 bits per heavy atom. The normalized spacial score (nSPS) is 8.67. The van der Waals surface area contributed by atoms with Crippen LogP contribution in [-0.4, -0.2) is 37.2 Å². The first-order valence-corrected chi connectivity index (χ1v) is 2.60. The zero-order valence-corrected chi connectivity index (χ0v) is 5.33. The largest absolute Gasteiger partial charge is 0.338 e. The van der Waals surface area contributed by atoms with E-state index in [0.29, 0.717) is 6.29 Å². The summed E-state index contributed by atoms with van der Waals surface area (Å²) in [4.78, 5) is 21.6. The summed E-state index contributed by atoms with van der Waals surface area (Å²) in [5.41, 5.74) is 5.00. The van der Waals surface area contributed by atoms with Crippen molar-refractivity contribution in [1.82, 2.24) is 4.90 Å². The predicted molar refractivity (Wildman–Crippen MR) is 32.8 cm³/mol. The van der Waals surface area contributed by atoms with Crippen molar-refractivity contribution < 1.29 is 9.59 Å². The number of aldehydes is 1. The van der Waals surface area contributed by atoms with E-state index in [2.05, 4.69) is 0 Å². The average molecular weight is 130 g/mol. The molecule has 9 heavy (non-hydrogen) atoms. The summed E-state index contributed by atoms with van der Waals surface area (Å²) in [5, 5.41) is 0. The Morgan fingerprint density at radius 1 is 1.78 bits per heavy atom. The van der Waals surface area contributed by atoms with Gasteiger partial charge in [-0.15, -0.1) is 0 Å². The molecule has 0 radical (unpaired) electrons. The second-order valence-electron chi connectivity index (χ2n) is 1.65. The Balaban J connectivity index is 3.58. The molecule has 0 aromatic rings. The standard InChI is InChI=1S/C5H10N2O2/c1-7(2-3-8)5(9)4-6/h3H,2,4,6H2,1H3. The van der Waals surface area contributed by atoms with Crippen LogP contribution in [0.3, 0.4) is 0 Å². The zero-order chi connectivity index (χ0) is 7.28. The van der Waals surface area contributed by atoms with Crippen LogP contribution in [0.2, 0.25) is 0 Å². The Kier molecular flexibility index (Phi) is 3.62. The van der Waals surface area contributed by atoms with Gasteiger partial charge in [-0.25, -0.2) is 0 Å². The molecule has 1 amide bonds. The maximum Gasteiger partial charge on any atom is 0.236 e. The molecule has 0 aromatic carbocycles. The second kappa shape index (κ2) is 4.03. The molecule has 0 atom stereocenters. The summed E-state index contributed by atoms with van der Waals surface area (Å²) in [6.45, 7) is 0.0837. The van der Waals surface area contributed by atoms with Crippen molar-refractivity contribution in [1.29, 1.82) is 0 Å². The number of hydrogen-bond acceptors (Lipinski definition) is 3. The van der Waals surface area contributed by atoms with E-state index in [4.69, 9.17) is 5.73 Å². The minimum atomic E-state index is -0.220. The van der Waals surface area contributed by atoms with Gasteiger partial charge in [-0.2, -0.15) is 0 Å². The van der Waals surface area contributed by atoms with Gasteiger partial charge in [0, 0.05) is 7.05 Å². The molecule has 0 fully saturated rings. The molecular weight excluding hydrogens is 120 g/mol. The lowest BCUT2D eigenvalue weighted by Crippen LogP contribution is -2.33. The molecule has 2 N–H and O–H groups in total. The first kappa shape index (κ1) is 8.10. The molecule has 0 unspecified atom stereocenters. The van der Waals surface area contributed by atoms with Crippen molar-refractivity contribution in [3.05, 3.63) is 0 Å². The number of rotatable bonds is 3. The smallest absolute Gasteiger partial charge is 0.236 e. The lowest BCUT2D eigenvalue weighted by Gasteiger charge is -2.10. The molecule has 0 aliphatic carbocycles. The van der Waals surface area contributed by atoms with Gasteiger partial charge in [0.1, 0.15) is 6.29 Å². The third kappa shape index (κ3) is 2.81. The van der Waals surface area contributed by atoms with Crippen molar-refractivity contribution in [2.24, 2.45) is 5.73 Å². The molecule has 0 saturated heterocycles. The van der Waals surface area contributed by atoms with E-state index in [1.54, 1.807) is 0 Å². The monoisotopic (exact) mass is 130 g/mol. The van der Waals surface area contributed by atoms with Crippen LogP contribution < -0.4 is 5.73 Å². The molecule has 0 spiro atoms. The van der Waals surface area contributed by atoms with E-state index in [-0.39, 0.29) is 19.0 Å². The third-order valence-corrected chi connectivity index (χ3v) is 0.949. The Morgan fingerprint density at radius 2 is 2.33 bits per heavy atom. The third-order valence-electron chi connectivity index (χ3n) is 0.949. The zero-order valence-electron chi connectivity index (χ0n) is 5.33. The van der Waals surface area contributed by atoms with Crippen molar-refractivity contribution in [3.63, 3.8) is 0 Å². The van der Waals surface area contributed by atoms with E-state index in [0.717, 1.165) is 0 Å². The maximum absolute atomic E-state index is 10.5. The Hall–Kier alpha value is -0.900. The van der Waals surface area contributed by atoms with Gasteiger partial charge in [-0.3, -0.25) is 4.79 Å². The first-order chi connectivity index (χ1) is 4.22. The maximum atomic E-state index is 10.5. The molecule has 52 valence electrons. The number of likely N-dealkylation sites (N-methyl/N-ethyl adjacent to an activating group) is 1. The number of carbonyl (C=O) groups excluding carboxylic acids is 2. The van der Waals surface area contributed by atoms with Crippen LogP contribution in [0.1, 0.15) is 0 Å². The quantitative estimate of drug-likeness (QED) is 0.478. The highest BCUT2D eigenvalue weighted by molar-refractivity contribution is 5.79. The molecule has 0 bridgehead atoms. The molecule has 0 aliphatic rings. The van der Waals surface area contributed by atoms with Gasteiger partial charge in [0.2, 0.25) is 5.91 Å². The number of hydrogen-bond donors (Lipinski definition) is 1. The minimum absolute atomic E-state index is 0.0374. The Labute approximate surface area is 53.6 Å². The minimum Gasteiger partial charge on any atom is -0.338 e. The number of amides is 1. The topological polar surface area (TPSA) is 63.4 Å². The van der Waals surface area contributed by atoms with Gasteiger partial charge in [0.15, 0.2) is 0 Å². The fourth-order valence-corrected chi connectivity index (χ4v) is 0.369. The second-order valence-corrected chi connectivity index (χ2v) is 1.65. The number of carbonyl (C=O) groups is 2. The molecular formula is C5H10N2O2. The van der Waals surface area contributed by atoms with Crippen LogP contribution >= 0.6 is 0 Å². The van der Waals surface area contributed by atoms with Crippen LogP contribution in [0, 0.1) is 0 Å². The summed E-state index contributed by atoms with van der Waals surface area (Å²) in [7, 11) is 1.53. The highest BCUT2D eigenvalue weighted by Gasteiger charge is 2.02. The fraction of sp³-hybridized carbons (Fsp3) is 0.600. The van der Waals surface area contributed by atoms with Crippen molar-refractivity contribution >= 4 is 12.2 Å². The molecule has 0 aliphatic heterocycles.